The quantitative estimate of drug-likeness (QED) is 0.780. The Balaban J connectivity index is 1.94. The number of ether oxygens (including phenoxy) is 2. The van der Waals surface area contributed by atoms with Crippen molar-refractivity contribution < 1.29 is 9.47 Å². The van der Waals surface area contributed by atoms with Gasteiger partial charge in [0, 0.05) is 12.8 Å². The van der Waals surface area contributed by atoms with E-state index in [2.05, 4.69) is 6.92 Å². The first-order valence-corrected chi connectivity index (χ1v) is 6.22. The van der Waals surface area contributed by atoms with E-state index in [1.54, 1.807) is 0 Å². The Morgan fingerprint density at radius 1 is 1.07 bits per heavy atom. The molecule has 1 aliphatic heterocycles. The van der Waals surface area contributed by atoms with E-state index in [4.69, 9.17) is 15.2 Å². The van der Waals surface area contributed by atoms with Gasteiger partial charge < -0.3 is 15.2 Å². The zero-order valence-corrected chi connectivity index (χ0v) is 9.76. The maximum Gasteiger partial charge on any atom is 0.168 e. The minimum absolute atomic E-state index is 0.230. The number of hydrogen-bond acceptors (Lipinski definition) is 3. The molecule has 0 aromatic heterocycles. The molecule has 15 heavy (non-hydrogen) atoms. The van der Waals surface area contributed by atoms with Crippen molar-refractivity contribution in [2.24, 2.45) is 11.1 Å². The highest BCUT2D eigenvalue weighted by Gasteiger charge is 2.45. The molecule has 1 spiro atoms. The first kappa shape index (κ1) is 11.4. The number of nitrogens with two attached hydrogens (primary N) is 1. The summed E-state index contributed by atoms with van der Waals surface area (Å²) in [5, 5.41) is 0. The average Bonchev–Trinajstić information content (AvgIpc) is 2.72. The molecule has 0 radical (unpaired) electrons. The Labute approximate surface area is 92.3 Å². The largest absolute Gasteiger partial charge is 0.348 e. The third-order valence-corrected chi connectivity index (χ3v) is 4.10. The first-order chi connectivity index (χ1) is 7.24. The van der Waals surface area contributed by atoms with E-state index in [0.29, 0.717) is 5.41 Å². The van der Waals surface area contributed by atoms with E-state index in [0.717, 1.165) is 45.4 Å². The monoisotopic (exact) mass is 213 g/mol. The molecule has 3 heteroatoms. The third-order valence-electron chi connectivity index (χ3n) is 4.10. The van der Waals surface area contributed by atoms with Crippen LogP contribution in [0.15, 0.2) is 0 Å². The molecule has 1 aliphatic carbocycles. The third kappa shape index (κ3) is 2.19. The predicted molar refractivity (Wildman–Crippen MR) is 59.5 cm³/mol. The van der Waals surface area contributed by atoms with Crippen molar-refractivity contribution in [3.8, 4) is 0 Å². The van der Waals surface area contributed by atoms with Gasteiger partial charge in [-0.1, -0.05) is 13.3 Å². The van der Waals surface area contributed by atoms with Gasteiger partial charge in [0.25, 0.3) is 0 Å². The second-order valence-electron chi connectivity index (χ2n) is 5.06. The highest BCUT2D eigenvalue weighted by Crippen LogP contribution is 2.46. The molecule has 0 aromatic carbocycles. The fraction of sp³-hybridized carbons (Fsp3) is 1.00. The maximum absolute atomic E-state index is 5.93. The molecule has 2 aliphatic rings. The van der Waals surface area contributed by atoms with Crippen LogP contribution in [0, 0.1) is 5.41 Å². The molecular formula is C12H23NO2. The summed E-state index contributed by atoms with van der Waals surface area (Å²) in [5.74, 6) is -0.230. The van der Waals surface area contributed by atoms with Gasteiger partial charge in [-0.3, -0.25) is 0 Å². The standard InChI is InChI=1S/C12H23NO2/c1-2-3-11(10-13)4-6-12(7-5-11)14-8-9-15-12/h2-10,13H2,1H3. The van der Waals surface area contributed by atoms with Crippen LogP contribution in [0.25, 0.3) is 0 Å². The van der Waals surface area contributed by atoms with E-state index in [1.807, 2.05) is 0 Å². The maximum atomic E-state index is 5.93. The molecule has 2 rings (SSSR count). The molecule has 3 nitrogen and oxygen atoms in total. The summed E-state index contributed by atoms with van der Waals surface area (Å²) in [5.41, 5.74) is 6.30. The minimum atomic E-state index is -0.230. The molecule has 2 N–H and O–H groups in total. The molecule has 0 aromatic rings. The molecule has 1 saturated carbocycles. The fourth-order valence-corrected chi connectivity index (χ4v) is 3.03. The summed E-state index contributed by atoms with van der Waals surface area (Å²) >= 11 is 0. The Bertz CT molecular complexity index is 202. The second kappa shape index (κ2) is 4.40. The topological polar surface area (TPSA) is 44.5 Å². The van der Waals surface area contributed by atoms with Crippen molar-refractivity contribution in [3.05, 3.63) is 0 Å². The van der Waals surface area contributed by atoms with Gasteiger partial charge in [0.15, 0.2) is 5.79 Å². The van der Waals surface area contributed by atoms with Crippen molar-refractivity contribution >= 4 is 0 Å². The van der Waals surface area contributed by atoms with Crippen LogP contribution in [0.1, 0.15) is 45.4 Å². The lowest BCUT2D eigenvalue weighted by Gasteiger charge is -2.43. The van der Waals surface area contributed by atoms with Crippen LogP contribution in [0.3, 0.4) is 0 Å². The summed E-state index contributed by atoms with van der Waals surface area (Å²) in [6.07, 6.45) is 6.87. The zero-order valence-electron chi connectivity index (χ0n) is 9.76. The summed E-state index contributed by atoms with van der Waals surface area (Å²) in [6.45, 7) is 4.59. The molecule has 0 bridgehead atoms. The Morgan fingerprint density at radius 2 is 1.67 bits per heavy atom. The first-order valence-electron chi connectivity index (χ1n) is 6.22. The van der Waals surface area contributed by atoms with Crippen LogP contribution in [-0.2, 0) is 9.47 Å². The van der Waals surface area contributed by atoms with Gasteiger partial charge in [0.05, 0.1) is 13.2 Å². The van der Waals surface area contributed by atoms with Gasteiger partial charge in [-0.2, -0.15) is 0 Å². The molecule has 1 heterocycles. The van der Waals surface area contributed by atoms with Crippen LogP contribution < -0.4 is 5.73 Å². The van der Waals surface area contributed by atoms with E-state index >= 15 is 0 Å². The highest BCUT2D eigenvalue weighted by molar-refractivity contribution is 4.91. The van der Waals surface area contributed by atoms with Crippen molar-refractivity contribution in [3.63, 3.8) is 0 Å². The van der Waals surface area contributed by atoms with Gasteiger partial charge in [0.2, 0.25) is 0 Å². The number of rotatable bonds is 3. The summed E-state index contributed by atoms with van der Waals surface area (Å²) in [4.78, 5) is 0. The molecule has 88 valence electrons. The average molecular weight is 213 g/mol. The Morgan fingerprint density at radius 3 is 2.13 bits per heavy atom. The molecule has 0 atom stereocenters. The summed E-state index contributed by atoms with van der Waals surface area (Å²) in [6, 6.07) is 0. The SMILES string of the molecule is CCCC1(CN)CCC2(CC1)OCCO2. The minimum Gasteiger partial charge on any atom is -0.348 e. The van der Waals surface area contributed by atoms with Crippen molar-refractivity contribution in [1.29, 1.82) is 0 Å². The van der Waals surface area contributed by atoms with Crippen LogP contribution in [0.5, 0.6) is 0 Å². The van der Waals surface area contributed by atoms with Gasteiger partial charge >= 0.3 is 0 Å². The van der Waals surface area contributed by atoms with Crippen LogP contribution in [0.2, 0.25) is 0 Å². The normalized spacial score (nSPS) is 28.4. The van der Waals surface area contributed by atoms with Gasteiger partial charge in [-0.25, -0.2) is 0 Å². The van der Waals surface area contributed by atoms with Crippen LogP contribution in [0.4, 0.5) is 0 Å². The van der Waals surface area contributed by atoms with Crippen molar-refractivity contribution in [1.82, 2.24) is 0 Å². The summed E-state index contributed by atoms with van der Waals surface area (Å²) in [7, 11) is 0. The van der Waals surface area contributed by atoms with Gasteiger partial charge in [-0.05, 0) is 31.2 Å². The predicted octanol–water partition coefficient (Wildman–Crippen LogP) is 2.05. The van der Waals surface area contributed by atoms with Crippen molar-refractivity contribution in [2.45, 2.75) is 51.2 Å². The Hall–Kier alpha value is -0.120. The van der Waals surface area contributed by atoms with E-state index in [-0.39, 0.29) is 5.79 Å². The molecule has 0 unspecified atom stereocenters. The lowest BCUT2D eigenvalue weighted by molar-refractivity contribution is -0.191. The lowest BCUT2D eigenvalue weighted by atomic mass is 9.69. The van der Waals surface area contributed by atoms with E-state index < -0.39 is 0 Å². The van der Waals surface area contributed by atoms with E-state index in [9.17, 15) is 0 Å². The molecule has 2 fully saturated rings. The lowest BCUT2D eigenvalue weighted by Crippen LogP contribution is -2.43. The fourth-order valence-electron chi connectivity index (χ4n) is 3.03. The zero-order chi connectivity index (χ0) is 10.8. The molecule has 1 saturated heterocycles. The highest BCUT2D eigenvalue weighted by atomic mass is 16.7. The van der Waals surface area contributed by atoms with Gasteiger partial charge in [0.1, 0.15) is 0 Å². The van der Waals surface area contributed by atoms with Gasteiger partial charge in [-0.15, -0.1) is 0 Å². The smallest absolute Gasteiger partial charge is 0.168 e. The second-order valence-corrected chi connectivity index (χ2v) is 5.06. The number of hydrogen-bond donors (Lipinski definition) is 1. The van der Waals surface area contributed by atoms with E-state index in [1.165, 1.54) is 12.8 Å². The van der Waals surface area contributed by atoms with Crippen LogP contribution in [-0.4, -0.2) is 25.5 Å². The summed E-state index contributed by atoms with van der Waals surface area (Å²) < 4.78 is 11.5. The molecule has 0 amide bonds. The molecular weight excluding hydrogens is 190 g/mol. The van der Waals surface area contributed by atoms with Crippen LogP contribution >= 0.6 is 0 Å². The Kier molecular flexibility index (Phi) is 3.33. The van der Waals surface area contributed by atoms with Crippen molar-refractivity contribution in [2.75, 3.05) is 19.8 Å².